The topological polar surface area (TPSA) is 21.3 Å². The predicted octanol–water partition coefficient (Wildman–Crippen LogP) is 3.92. The summed E-state index contributed by atoms with van der Waals surface area (Å²) in [7, 11) is 0. The minimum Gasteiger partial charge on any atom is -0.488 e. The highest BCUT2D eigenvalue weighted by molar-refractivity contribution is 9.10. The summed E-state index contributed by atoms with van der Waals surface area (Å²) in [6, 6.07) is 6.29. The first-order valence-electron chi connectivity index (χ1n) is 7.30. The van der Waals surface area contributed by atoms with Gasteiger partial charge in [0, 0.05) is 24.0 Å². The third-order valence-corrected chi connectivity index (χ3v) is 4.99. The van der Waals surface area contributed by atoms with Crippen LogP contribution in [-0.2, 0) is 6.42 Å². The number of fused-ring (bicyclic) bond motifs is 1. The Morgan fingerprint density at radius 2 is 2.16 bits per heavy atom. The van der Waals surface area contributed by atoms with Gasteiger partial charge >= 0.3 is 0 Å². The van der Waals surface area contributed by atoms with Crippen LogP contribution >= 0.6 is 15.9 Å². The predicted molar refractivity (Wildman–Crippen MR) is 81.7 cm³/mol. The number of halogens is 1. The highest BCUT2D eigenvalue weighted by Crippen LogP contribution is 2.37. The van der Waals surface area contributed by atoms with Crippen molar-refractivity contribution in [3.05, 3.63) is 28.2 Å². The first-order valence-corrected chi connectivity index (χ1v) is 8.10. The molecular weight excluding hydrogens is 302 g/mol. The molecule has 0 saturated heterocycles. The third-order valence-electron chi connectivity index (χ3n) is 4.50. The smallest absolute Gasteiger partial charge is 0.123 e. The molecule has 2 nitrogen and oxygen atoms in total. The summed E-state index contributed by atoms with van der Waals surface area (Å²) in [5.41, 5.74) is 1.85. The summed E-state index contributed by atoms with van der Waals surface area (Å²) < 4.78 is 7.12. The first kappa shape index (κ1) is 13.4. The Kier molecular flexibility index (Phi) is 3.86. The summed E-state index contributed by atoms with van der Waals surface area (Å²) in [5, 5.41) is 3.62. The van der Waals surface area contributed by atoms with Crippen LogP contribution in [0.2, 0.25) is 0 Å². The monoisotopic (exact) mass is 323 g/mol. The molecule has 1 aromatic carbocycles. The van der Waals surface area contributed by atoms with E-state index in [0.717, 1.165) is 29.7 Å². The zero-order valence-electron chi connectivity index (χ0n) is 11.5. The Labute approximate surface area is 124 Å². The molecule has 3 heteroatoms. The van der Waals surface area contributed by atoms with Gasteiger partial charge in [-0.25, -0.2) is 0 Å². The normalized spacial score (nSPS) is 24.2. The number of hydrogen-bond donors (Lipinski definition) is 1. The zero-order valence-corrected chi connectivity index (χ0v) is 13.1. The van der Waals surface area contributed by atoms with E-state index in [9.17, 15) is 0 Å². The molecule has 0 amide bonds. The minimum absolute atomic E-state index is 0.300. The second-order valence-electron chi connectivity index (χ2n) is 6.34. The van der Waals surface area contributed by atoms with E-state index in [4.69, 9.17) is 4.74 Å². The molecule has 0 radical (unpaired) electrons. The van der Waals surface area contributed by atoms with Gasteiger partial charge in [0.25, 0.3) is 0 Å². The van der Waals surface area contributed by atoms with E-state index in [0.29, 0.717) is 11.5 Å². The lowest BCUT2D eigenvalue weighted by molar-refractivity contribution is 0.214. The SMILES string of the molecule is CC1(CNCC2Cc3cc(Br)ccc3O2)CCCC1. The fraction of sp³-hybridized carbons (Fsp3) is 0.625. The van der Waals surface area contributed by atoms with Crippen molar-refractivity contribution < 1.29 is 4.74 Å². The van der Waals surface area contributed by atoms with Crippen molar-refractivity contribution in [3.8, 4) is 5.75 Å². The molecule has 1 heterocycles. The molecule has 1 saturated carbocycles. The van der Waals surface area contributed by atoms with Crippen molar-refractivity contribution in [2.75, 3.05) is 13.1 Å². The summed E-state index contributed by atoms with van der Waals surface area (Å²) in [4.78, 5) is 0. The molecule has 1 fully saturated rings. The van der Waals surface area contributed by atoms with Crippen LogP contribution in [0.25, 0.3) is 0 Å². The molecule has 104 valence electrons. The lowest BCUT2D eigenvalue weighted by atomic mass is 9.89. The molecule has 1 atom stereocenters. The van der Waals surface area contributed by atoms with Gasteiger partial charge in [-0.3, -0.25) is 0 Å². The average molecular weight is 324 g/mol. The molecule has 1 aromatic rings. The van der Waals surface area contributed by atoms with Gasteiger partial charge in [0.1, 0.15) is 11.9 Å². The van der Waals surface area contributed by atoms with Crippen LogP contribution in [0.3, 0.4) is 0 Å². The summed E-state index contributed by atoms with van der Waals surface area (Å²) in [5.74, 6) is 1.06. The number of rotatable bonds is 4. The molecule has 1 aliphatic carbocycles. The van der Waals surface area contributed by atoms with E-state index < -0.39 is 0 Å². The van der Waals surface area contributed by atoms with Gasteiger partial charge in [-0.2, -0.15) is 0 Å². The van der Waals surface area contributed by atoms with Crippen LogP contribution in [0.1, 0.15) is 38.2 Å². The van der Waals surface area contributed by atoms with Crippen molar-refractivity contribution in [2.45, 2.75) is 45.1 Å². The Morgan fingerprint density at radius 3 is 2.95 bits per heavy atom. The number of ether oxygens (including phenoxy) is 1. The molecule has 2 aliphatic rings. The zero-order chi connectivity index (χ0) is 13.3. The molecule has 0 bridgehead atoms. The Balaban J connectivity index is 1.48. The molecule has 0 spiro atoms. The van der Waals surface area contributed by atoms with E-state index >= 15 is 0 Å². The van der Waals surface area contributed by atoms with E-state index in [1.54, 1.807) is 0 Å². The number of hydrogen-bond acceptors (Lipinski definition) is 2. The molecule has 1 unspecified atom stereocenters. The van der Waals surface area contributed by atoms with Gasteiger partial charge in [0.05, 0.1) is 0 Å². The maximum atomic E-state index is 5.98. The van der Waals surface area contributed by atoms with Gasteiger partial charge < -0.3 is 10.1 Å². The van der Waals surface area contributed by atoms with Crippen LogP contribution in [-0.4, -0.2) is 19.2 Å². The van der Waals surface area contributed by atoms with Crippen LogP contribution in [0.5, 0.6) is 5.75 Å². The van der Waals surface area contributed by atoms with Crippen molar-refractivity contribution in [3.63, 3.8) is 0 Å². The fourth-order valence-corrected chi connectivity index (χ4v) is 3.75. The average Bonchev–Trinajstić information content (AvgIpc) is 2.95. The van der Waals surface area contributed by atoms with E-state index in [1.165, 1.54) is 31.2 Å². The van der Waals surface area contributed by atoms with Crippen LogP contribution in [0.4, 0.5) is 0 Å². The second kappa shape index (κ2) is 5.45. The Hall–Kier alpha value is -0.540. The van der Waals surface area contributed by atoms with Gasteiger partial charge in [-0.05, 0) is 42.0 Å². The van der Waals surface area contributed by atoms with Gasteiger partial charge in [-0.1, -0.05) is 35.7 Å². The Morgan fingerprint density at radius 1 is 1.37 bits per heavy atom. The number of benzene rings is 1. The molecule has 3 rings (SSSR count). The van der Waals surface area contributed by atoms with E-state index in [2.05, 4.69) is 40.3 Å². The van der Waals surface area contributed by atoms with Gasteiger partial charge in [-0.15, -0.1) is 0 Å². The lowest BCUT2D eigenvalue weighted by Crippen LogP contribution is -2.36. The maximum absolute atomic E-state index is 5.98. The molecular formula is C16H22BrNO. The largest absolute Gasteiger partial charge is 0.488 e. The third kappa shape index (κ3) is 3.14. The maximum Gasteiger partial charge on any atom is 0.123 e. The minimum atomic E-state index is 0.300. The summed E-state index contributed by atoms with van der Waals surface area (Å²) in [6.45, 7) is 4.50. The highest BCUT2D eigenvalue weighted by Gasteiger charge is 2.29. The Bertz CT molecular complexity index is 454. The standard InChI is InChI=1S/C16H22BrNO/c1-16(6-2-3-7-16)11-18-10-14-9-12-8-13(17)4-5-15(12)19-14/h4-5,8,14,18H,2-3,6-7,9-11H2,1H3. The molecule has 1 N–H and O–H groups in total. The number of nitrogens with one attached hydrogen (secondary N) is 1. The summed E-state index contributed by atoms with van der Waals surface area (Å²) >= 11 is 3.52. The lowest BCUT2D eigenvalue weighted by Gasteiger charge is -2.24. The second-order valence-corrected chi connectivity index (χ2v) is 7.26. The van der Waals surface area contributed by atoms with Crippen molar-refractivity contribution >= 4 is 15.9 Å². The van der Waals surface area contributed by atoms with Crippen molar-refractivity contribution in [2.24, 2.45) is 5.41 Å². The molecule has 19 heavy (non-hydrogen) atoms. The van der Waals surface area contributed by atoms with Gasteiger partial charge in [0.15, 0.2) is 0 Å². The molecule has 0 aromatic heterocycles. The summed E-state index contributed by atoms with van der Waals surface area (Å²) in [6.07, 6.45) is 6.87. The molecule has 1 aliphatic heterocycles. The highest BCUT2D eigenvalue weighted by atomic mass is 79.9. The quantitative estimate of drug-likeness (QED) is 0.906. The fourth-order valence-electron chi connectivity index (χ4n) is 3.34. The first-order chi connectivity index (χ1) is 9.15. The van der Waals surface area contributed by atoms with Crippen LogP contribution < -0.4 is 10.1 Å². The van der Waals surface area contributed by atoms with Crippen LogP contribution in [0, 0.1) is 5.41 Å². The van der Waals surface area contributed by atoms with Crippen LogP contribution in [0.15, 0.2) is 22.7 Å². The van der Waals surface area contributed by atoms with E-state index in [1.807, 2.05) is 6.07 Å². The van der Waals surface area contributed by atoms with Gasteiger partial charge in [0.2, 0.25) is 0 Å². The van der Waals surface area contributed by atoms with E-state index in [-0.39, 0.29) is 0 Å². The van der Waals surface area contributed by atoms with Crippen molar-refractivity contribution in [1.29, 1.82) is 0 Å². The van der Waals surface area contributed by atoms with Crippen molar-refractivity contribution in [1.82, 2.24) is 5.32 Å².